The van der Waals surface area contributed by atoms with Crippen molar-refractivity contribution in [3.8, 4) is 17.1 Å². The maximum absolute atomic E-state index is 5.31. The molecule has 0 unspecified atom stereocenters. The fourth-order valence-electron chi connectivity index (χ4n) is 1.01. The molecule has 0 aliphatic carbocycles. The fourth-order valence-corrected chi connectivity index (χ4v) is 1.53. The van der Waals surface area contributed by atoms with E-state index in [4.69, 9.17) is 4.74 Å². The third kappa shape index (κ3) is 1.69. The maximum Gasteiger partial charge on any atom is 0.254 e. The molecule has 2 heterocycles. The number of hydrogen-bond donors (Lipinski definition) is 0. The van der Waals surface area contributed by atoms with E-state index >= 15 is 0 Å². The zero-order valence-corrected chi connectivity index (χ0v) is 8.36. The largest absolute Gasteiger partial charge is 0.476 e. The van der Waals surface area contributed by atoms with E-state index in [1.165, 1.54) is 6.33 Å². The zero-order valence-electron chi connectivity index (χ0n) is 7.54. The van der Waals surface area contributed by atoms with Gasteiger partial charge in [-0.25, -0.2) is 9.97 Å². The van der Waals surface area contributed by atoms with Gasteiger partial charge < -0.3 is 4.74 Å². The molecule has 0 spiro atoms. The second kappa shape index (κ2) is 4.10. The first-order chi connectivity index (χ1) is 6.92. The summed E-state index contributed by atoms with van der Waals surface area (Å²) >= 11 is 1.12. The van der Waals surface area contributed by atoms with Crippen molar-refractivity contribution in [3.63, 3.8) is 0 Å². The molecule has 0 aromatic carbocycles. The summed E-state index contributed by atoms with van der Waals surface area (Å²) < 4.78 is 13.5. The highest BCUT2D eigenvalue weighted by atomic mass is 32.1. The minimum absolute atomic E-state index is 0.548. The number of aromatic nitrogens is 4. The van der Waals surface area contributed by atoms with Crippen molar-refractivity contribution in [1.82, 2.24) is 18.7 Å². The summed E-state index contributed by atoms with van der Waals surface area (Å²) in [5.74, 6) is 0.548. The van der Waals surface area contributed by atoms with Crippen molar-refractivity contribution in [1.29, 1.82) is 0 Å². The fraction of sp³-hybridized carbons (Fsp3) is 0.250. The lowest BCUT2D eigenvalue weighted by Gasteiger charge is -1.99. The molecule has 0 bridgehead atoms. The van der Waals surface area contributed by atoms with Gasteiger partial charge in [0.25, 0.3) is 5.88 Å². The summed E-state index contributed by atoms with van der Waals surface area (Å²) in [7, 11) is 0. The highest BCUT2D eigenvalue weighted by Gasteiger charge is 2.11. The van der Waals surface area contributed by atoms with E-state index in [-0.39, 0.29) is 0 Å². The van der Waals surface area contributed by atoms with Crippen LogP contribution in [0.5, 0.6) is 5.88 Å². The van der Waals surface area contributed by atoms with Gasteiger partial charge in [0.2, 0.25) is 0 Å². The molecule has 0 saturated heterocycles. The van der Waals surface area contributed by atoms with E-state index in [1.807, 2.05) is 6.92 Å². The third-order valence-electron chi connectivity index (χ3n) is 1.57. The average Bonchev–Trinajstić information content (AvgIpc) is 2.68. The molecule has 0 amide bonds. The van der Waals surface area contributed by atoms with Crippen LogP contribution in [-0.4, -0.2) is 25.3 Å². The standard InChI is InChI=1S/C8H8N4OS/c1-2-13-8-7(11-14-12-8)6-3-9-5-10-4-6/h3-5H,2H2,1H3. The summed E-state index contributed by atoms with van der Waals surface area (Å²) in [5.41, 5.74) is 1.53. The quantitative estimate of drug-likeness (QED) is 0.762. The van der Waals surface area contributed by atoms with Crippen LogP contribution in [0, 0.1) is 0 Å². The summed E-state index contributed by atoms with van der Waals surface area (Å²) in [4.78, 5) is 7.82. The SMILES string of the molecule is CCOc1nsnc1-c1cncnc1. The summed E-state index contributed by atoms with van der Waals surface area (Å²) in [6, 6.07) is 0. The monoisotopic (exact) mass is 208 g/mol. The normalized spacial score (nSPS) is 10.1. The van der Waals surface area contributed by atoms with E-state index in [1.54, 1.807) is 12.4 Å². The molecule has 0 aliphatic rings. The summed E-state index contributed by atoms with van der Waals surface area (Å²) in [6.45, 7) is 2.48. The summed E-state index contributed by atoms with van der Waals surface area (Å²) in [5, 5.41) is 0. The Balaban J connectivity index is 2.37. The van der Waals surface area contributed by atoms with E-state index in [0.717, 1.165) is 17.3 Å². The van der Waals surface area contributed by atoms with Gasteiger partial charge >= 0.3 is 0 Å². The summed E-state index contributed by atoms with van der Waals surface area (Å²) in [6.07, 6.45) is 4.85. The van der Waals surface area contributed by atoms with E-state index < -0.39 is 0 Å². The smallest absolute Gasteiger partial charge is 0.254 e. The van der Waals surface area contributed by atoms with Crippen LogP contribution < -0.4 is 4.74 Å². The Morgan fingerprint density at radius 2 is 2.07 bits per heavy atom. The maximum atomic E-state index is 5.31. The first-order valence-corrected chi connectivity index (χ1v) is 4.85. The topological polar surface area (TPSA) is 60.8 Å². The Labute approximate surface area is 85.1 Å². The second-order valence-electron chi connectivity index (χ2n) is 2.48. The van der Waals surface area contributed by atoms with Gasteiger partial charge in [-0.05, 0) is 6.92 Å². The molecule has 72 valence electrons. The van der Waals surface area contributed by atoms with Crippen LogP contribution in [0.4, 0.5) is 0 Å². The predicted octanol–water partition coefficient (Wildman–Crippen LogP) is 1.39. The number of ether oxygens (including phenoxy) is 1. The third-order valence-corrected chi connectivity index (χ3v) is 2.09. The van der Waals surface area contributed by atoms with Crippen LogP contribution in [0.1, 0.15) is 6.92 Å². The van der Waals surface area contributed by atoms with Gasteiger partial charge in [0, 0.05) is 18.0 Å². The lowest BCUT2D eigenvalue weighted by Crippen LogP contribution is -1.93. The average molecular weight is 208 g/mol. The number of rotatable bonds is 3. The van der Waals surface area contributed by atoms with Crippen molar-refractivity contribution >= 4 is 11.7 Å². The van der Waals surface area contributed by atoms with Gasteiger partial charge in [0.15, 0.2) is 5.69 Å². The lowest BCUT2D eigenvalue weighted by atomic mass is 10.2. The van der Waals surface area contributed by atoms with E-state index in [0.29, 0.717) is 18.2 Å². The van der Waals surface area contributed by atoms with Gasteiger partial charge in [-0.2, -0.15) is 4.37 Å². The van der Waals surface area contributed by atoms with Gasteiger partial charge in [0.1, 0.15) is 6.33 Å². The molecule has 0 saturated carbocycles. The number of nitrogens with zero attached hydrogens (tertiary/aromatic N) is 4. The molecule has 5 nitrogen and oxygen atoms in total. The first kappa shape index (κ1) is 9.01. The molecule has 0 radical (unpaired) electrons. The van der Waals surface area contributed by atoms with Crippen LogP contribution >= 0.6 is 11.7 Å². The van der Waals surface area contributed by atoms with E-state index in [2.05, 4.69) is 18.7 Å². The van der Waals surface area contributed by atoms with Crippen LogP contribution in [0.25, 0.3) is 11.3 Å². The van der Waals surface area contributed by atoms with Gasteiger partial charge in [-0.1, -0.05) is 0 Å². The molecule has 14 heavy (non-hydrogen) atoms. The Morgan fingerprint density at radius 1 is 1.29 bits per heavy atom. The molecule has 2 aromatic heterocycles. The van der Waals surface area contributed by atoms with Gasteiger partial charge in [-0.3, -0.25) is 0 Å². The molecule has 6 heteroatoms. The number of hydrogen-bond acceptors (Lipinski definition) is 6. The minimum atomic E-state index is 0.548. The van der Waals surface area contributed by atoms with Crippen LogP contribution in [0.2, 0.25) is 0 Å². The zero-order chi connectivity index (χ0) is 9.80. The molecule has 0 N–H and O–H groups in total. The molecule has 2 rings (SSSR count). The second-order valence-corrected chi connectivity index (χ2v) is 3.01. The Kier molecular flexibility index (Phi) is 2.64. The van der Waals surface area contributed by atoms with Crippen LogP contribution in [-0.2, 0) is 0 Å². The molecular formula is C8H8N4OS. The Hall–Kier alpha value is -1.56. The minimum Gasteiger partial charge on any atom is -0.476 e. The van der Waals surface area contributed by atoms with Crippen molar-refractivity contribution in [3.05, 3.63) is 18.7 Å². The lowest BCUT2D eigenvalue weighted by molar-refractivity contribution is 0.331. The Morgan fingerprint density at radius 3 is 2.79 bits per heavy atom. The molecule has 0 atom stereocenters. The van der Waals surface area contributed by atoms with E-state index in [9.17, 15) is 0 Å². The molecule has 2 aromatic rings. The highest BCUT2D eigenvalue weighted by molar-refractivity contribution is 6.99. The van der Waals surface area contributed by atoms with Crippen LogP contribution in [0.15, 0.2) is 18.7 Å². The predicted molar refractivity (Wildman–Crippen MR) is 52.1 cm³/mol. The molecule has 0 aliphatic heterocycles. The highest BCUT2D eigenvalue weighted by Crippen LogP contribution is 2.26. The first-order valence-electron chi connectivity index (χ1n) is 4.12. The van der Waals surface area contributed by atoms with Crippen molar-refractivity contribution in [2.45, 2.75) is 6.92 Å². The molecule has 0 fully saturated rings. The van der Waals surface area contributed by atoms with Gasteiger partial charge in [0.05, 0.1) is 18.3 Å². The Bertz CT molecular complexity index is 403. The molecular weight excluding hydrogens is 200 g/mol. The van der Waals surface area contributed by atoms with Gasteiger partial charge in [-0.15, -0.1) is 4.37 Å². The van der Waals surface area contributed by atoms with Crippen molar-refractivity contribution in [2.24, 2.45) is 0 Å². The van der Waals surface area contributed by atoms with Crippen molar-refractivity contribution in [2.75, 3.05) is 6.61 Å². The van der Waals surface area contributed by atoms with Crippen LogP contribution in [0.3, 0.4) is 0 Å². The van der Waals surface area contributed by atoms with Crippen molar-refractivity contribution < 1.29 is 4.74 Å².